The lowest BCUT2D eigenvalue weighted by molar-refractivity contribution is 0.0806. The van der Waals surface area contributed by atoms with Gasteiger partial charge in [0.05, 0.1) is 10.6 Å². The van der Waals surface area contributed by atoms with E-state index in [1.165, 1.54) is 19.5 Å². The second-order valence-corrected chi connectivity index (χ2v) is 9.08. The van der Waals surface area contributed by atoms with Crippen LogP contribution in [-0.2, 0) is 0 Å². The standard InChI is InChI=1S/C28H27ClN2O3/c1-2-19-17-31(18-19)15-16-33-23-13-9-20(10-14-23)26-27(24-5-3-4-6-25(24)29)30-34-28(26)21-7-11-22(32)12-8-21/h3-14,19,32H,2,15-18H2,1H3. The molecule has 3 aromatic carbocycles. The number of phenols is 1. The molecule has 0 atom stereocenters. The van der Waals surface area contributed by atoms with Crippen molar-refractivity contribution in [2.45, 2.75) is 13.3 Å². The van der Waals surface area contributed by atoms with E-state index in [1.54, 1.807) is 12.1 Å². The third-order valence-electron chi connectivity index (χ3n) is 6.38. The van der Waals surface area contributed by atoms with Crippen LogP contribution in [0.25, 0.3) is 33.7 Å². The van der Waals surface area contributed by atoms with E-state index in [1.807, 2.05) is 60.7 Å². The van der Waals surface area contributed by atoms with Crippen molar-refractivity contribution >= 4 is 11.6 Å². The Kier molecular flexibility index (Phi) is 6.57. The fourth-order valence-electron chi connectivity index (χ4n) is 4.33. The number of nitrogens with zero attached hydrogens (tertiary/aromatic N) is 2. The van der Waals surface area contributed by atoms with Crippen molar-refractivity contribution in [2.24, 2.45) is 5.92 Å². The smallest absolute Gasteiger partial charge is 0.175 e. The maximum absolute atomic E-state index is 9.71. The maximum atomic E-state index is 9.71. The molecule has 0 bridgehead atoms. The van der Waals surface area contributed by atoms with Crippen LogP contribution in [0.2, 0.25) is 5.02 Å². The largest absolute Gasteiger partial charge is 0.508 e. The van der Waals surface area contributed by atoms with Crippen LogP contribution in [0.15, 0.2) is 77.3 Å². The molecular weight excluding hydrogens is 448 g/mol. The summed E-state index contributed by atoms with van der Waals surface area (Å²) in [5.74, 6) is 2.49. The SMILES string of the molecule is CCC1CN(CCOc2ccc(-c3c(-c4ccccc4Cl)noc3-c3ccc(O)cc3)cc2)C1. The minimum absolute atomic E-state index is 0.195. The van der Waals surface area contributed by atoms with Gasteiger partial charge >= 0.3 is 0 Å². The van der Waals surface area contributed by atoms with Crippen molar-refractivity contribution in [3.63, 3.8) is 0 Å². The highest BCUT2D eigenvalue weighted by molar-refractivity contribution is 6.33. The van der Waals surface area contributed by atoms with E-state index in [4.69, 9.17) is 20.9 Å². The number of phenolic OH excluding ortho intramolecular Hbond substituents is 1. The van der Waals surface area contributed by atoms with E-state index in [0.717, 1.165) is 40.5 Å². The lowest BCUT2D eigenvalue weighted by atomic mass is 9.96. The van der Waals surface area contributed by atoms with Crippen LogP contribution in [0.1, 0.15) is 13.3 Å². The van der Waals surface area contributed by atoms with Gasteiger partial charge in [0.25, 0.3) is 0 Å². The molecule has 4 aromatic rings. The zero-order valence-electron chi connectivity index (χ0n) is 19.1. The number of aromatic hydroxyl groups is 1. The lowest BCUT2D eigenvalue weighted by Gasteiger charge is -2.38. The zero-order chi connectivity index (χ0) is 23.5. The Labute approximate surface area is 204 Å². The van der Waals surface area contributed by atoms with E-state index < -0.39 is 0 Å². The van der Waals surface area contributed by atoms with Gasteiger partial charge in [-0.3, -0.25) is 4.90 Å². The van der Waals surface area contributed by atoms with Crippen molar-refractivity contribution in [1.29, 1.82) is 0 Å². The van der Waals surface area contributed by atoms with Crippen molar-refractivity contribution in [3.8, 4) is 45.2 Å². The van der Waals surface area contributed by atoms with E-state index in [9.17, 15) is 5.11 Å². The van der Waals surface area contributed by atoms with Gasteiger partial charge in [-0.1, -0.05) is 60.4 Å². The highest BCUT2D eigenvalue weighted by atomic mass is 35.5. The molecule has 174 valence electrons. The van der Waals surface area contributed by atoms with Gasteiger partial charge in [-0.05, 0) is 53.9 Å². The van der Waals surface area contributed by atoms with Gasteiger partial charge in [0.15, 0.2) is 5.76 Å². The average molecular weight is 475 g/mol. The summed E-state index contributed by atoms with van der Waals surface area (Å²) in [7, 11) is 0. The van der Waals surface area contributed by atoms with Gasteiger partial charge in [-0.15, -0.1) is 0 Å². The first kappa shape index (κ1) is 22.5. The topological polar surface area (TPSA) is 58.7 Å². The lowest BCUT2D eigenvalue weighted by Crippen LogP contribution is -2.47. The molecule has 1 saturated heterocycles. The molecule has 5 rings (SSSR count). The minimum atomic E-state index is 0.195. The highest BCUT2D eigenvalue weighted by Gasteiger charge is 2.24. The summed E-state index contributed by atoms with van der Waals surface area (Å²) in [4.78, 5) is 2.43. The minimum Gasteiger partial charge on any atom is -0.508 e. The van der Waals surface area contributed by atoms with E-state index in [-0.39, 0.29) is 5.75 Å². The fourth-order valence-corrected chi connectivity index (χ4v) is 4.56. The zero-order valence-corrected chi connectivity index (χ0v) is 19.8. The van der Waals surface area contributed by atoms with E-state index in [0.29, 0.717) is 23.1 Å². The molecule has 1 fully saturated rings. The number of hydrogen-bond donors (Lipinski definition) is 1. The average Bonchev–Trinajstić information content (AvgIpc) is 3.26. The molecule has 0 saturated carbocycles. The van der Waals surface area contributed by atoms with Crippen molar-refractivity contribution in [2.75, 3.05) is 26.2 Å². The number of rotatable bonds is 8. The predicted molar refractivity (Wildman–Crippen MR) is 135 cm³/mol. The van der Waals surface area contributed by atoms with Crippen LogP contribution in [0.5, 0.6) is 11.5 Å². The van der Waals surface area contributed by atoms with Crippen molar-refractivity contribution < 1.29 is 14.4 Å². The summed E-state index contributed by atoms with van der Waals surface area (Å²) in [5.41, 5.74) is 4.08. The molecule has 1 N–H and O–H groups in total. The third-order valence-corrected chi connectivity index (χ3v) is 6.71. The number of benzene rings is 3. The van der Waals surface area contributed by atoms with Gasteiger partial charge < -0.3 is 14.4 Å². The second-order valence-electron chi connectivity index (χ2n) is 8.67. The molecule has 2 heterocycles. The fraction of sp³-hybridized carbons (Fsp3) is 0.250. The second kappa shape index (κ2) is 9.92. The molecule has 0 spiro atoms. The highest BCUT2D eigenvalue weighted by Crippen LogP contribution is 2.42. The molecule has 1 aliphatic heterocycles. The Balaban J connectivity index is 1.41. The molecule has 5 nitrogen and oxygen atoms in total. The molecule has 6 heteroatoms. The van der Waals surface area contributed by atoms with Crippen LogP contribution >= 0.6 is 11.6 Å². The first-order valence-corrected chi connectivity index (χ1v) is 12.0. The normalized spacial score (nSPS) is 14.2. The summed E-state index contributed by atoms with van der Waals surface area (Å²) in [6.45, 7) is 6.23. The summed E-state index contributed by atoms with van der Waals surface area (Å²) >= 11 is 6.50. The Morgan fingerprint density at radius 1 is 1.00 bits per heavy atom. The Bertz CT molecular complexity index is 1250. The quantitative estimate of drug-likeness (QED) is 0.306. The van der Waals surface area contributed by atoms with Crippen LogP contribution in [0, 0.1) is 5.92 Å². The first-order valence-electron chi connectivity index (χ1n) is 11.6. The van der Waals surface area contributed by atoms with Crippen LogP contribution in [-0.4, -0.2) is 41.4 Å². The summed E-state index contributed by atoms with van der Waals surface area (Å²) in [5, 5.41) is 14.7. The summed E-state index contributed by atoms with van der Waals surface area (Å²) in [6.07, 6.45) is 1.25. The molecular formula is C28H27ClN2O3. The Morgan fingerprint density at radius 2 is 1.71 bits per heavy atom. The molecule has 1 aromatic heterocycles. The number of aromatic nitrogens is 1. The Morgan fingerprint density at radius 3 is 2.41 bits per heavy atom. The predicted octanol–water partition coefficient (Wildman–Crippen LogP) is 6.76. The van der Waals surface area contributed by atoms with Crippen LogP contribution < -0.4 is 4.74 Å². The van der Waals surface area contributed by atoms with Gasteiger partial charge in [0, 0.05) is 30.8 Å². The van der Waals surface area contributed by atoms with Gasteiger partial charge in [-0.25, -0.2) is 0 Å². The molecule has 34 heavy (non-hydrogen) atoms. The molecule has 1 aliphatic rings. The summed E-state index contributed by atoms with van der Waals surface area (Å²) < 4.78 is 11.8. The third kappa shape index (κ3) is 4.67. The molecule has 0 radical (unpaired) electrons. The molecule has 0 amide bonds. The van der Waals surface area contributed by atoms with Gasteiger partial charge in [0.1, 0.15) is 23.8 Å². The number of hydrogen-bond acceptors (Lipinski definition) is 5. The maximum Gasteiger partial charge on any atom is 0.175 e. The van der Waals surface area contributed by atoms with Crippen LogP contribution in [0.4, 0.5) is 0 Å². The van der Waals surface area contributed by atoms with Gasteiger partial charge in [0.2, 0.25) is 0 Å². The summed E-state index contributed by atoms with van der Waals surface area (Å²) in [6, 6.07) is 22.5. The first-order chi connectivity index (χ1) is 16.6. The van der Waals surface area contributed by atoms with Gasteiger partial charge in [-0.2, -0.15) is 0 Å². The Hall–Kier alpha value is -3.28. The number of halogens is 1. The van der Waals surface area contributed by atoms with E-state index in [2.05, 4.69) is 17.0 Å². The molecule has 0 aliphatic carbocycles. The number of ether oxygens (including phenoxy) is 1. The van der Waals surface area contributed by atoms with Crippen molar-refractivity contribution in [3.05, 3.63) is 77.8 Å². The number of likely N-dealkylation sites (tertiary alicyclic amines) is 1. The monoisotopic (exact) mass is 474 g/mol. The molecule has 0 unspecified atom stereocenters. The van der Waals surface area contributed by atoms with Crippen molar-refractivity contribution in [1.82, 2.24) is 10.1 Å². The van der Waals surface area contributed by atoms with Crippen LogP contribution in [0.3, 0.4) is 0 Å². The van der Waals surface area contributed by atoms with E-state index >= 15 is 0 Å².